The Kier molecular flexibility index (Phi) is 2.82. The van der Waals surface area contributed by atoms with E-state index in [0.29, 0.717) is 17.1 Å². The van der Waals surface area contributed by atoms with Gasteiger partial charge in [-0.05, 0) is 12.1 Å². The Morgan fingerprint density at radius 1 is 1.55 bits per heavy atom. The monoisotopic (exact) mass is 174 g/mol. The molecule has 0 unspecified atom stereocenters. The summed E-state index contributed by atoms with van der Waals surface area (Å²) in [5, 5.41) is 0.392. The van der Waals surface area contributed by atoms with Crippen molar-refractivity contribution in [3.8, 4) is 0 Å². The molecular formula is C7H8ClFN2. The van der Waals surface area contributed by atoms with Crippen LogP contribution in [-0.2, 0) is 6.54 Å². The van der Waals surface area contributed by atoms with Crippen LogP contribution in [0.5, 0.6) is 0 Å². The van der Waals surface area contributed by atoms with Gasteiger partial charge in [-0.3, -0.25) is 11.3 Å². The van der Waals surface area contributed by atoms with E-state index in [9.17, 15) is 4.39 Å². The molecule has 0 aliphatic heterocycles. The normalized spacial score (nSPS) is 10.1. The van der Waals surface area contributed by atoms with Crippen LogP contribution in [0, 0.1) is 5.82 Å². The van der Waals surface area contributed by atoms with Crippen molar-refractivity contribution in [1.82, 2.24) is 5.43 Å². The number of hydrazine groups is 1. The maximum Gasteiger partial charge on any atom is 0.129 e. The molecule has 3 N–H and O–H groups in total. The van der Waals surface area contributed by atoms with E-state index in [4.69, 9.17) is 17.4 Å². The summed E-state index contributed by atoms with van der Waals surface area (Å²) in [6.45, 7) is 0.309. The number of halogens is 2. The van der Waals surface area contributed by atoms with E-state index in [1.165, 1.54) is 6.07 Å². The van der Waals surface area contributed by atoms with Gasteiger partial charge in [-0.1, -0.05) is 17.7 Å². The fourth-order valence-corrected chi connectivity index (χ4v) is 0.934. The molecule has 0 saturated carbocycles. The third kappa shape index (κ3) is 2.15. The third-order valence-corrected chi connectivity index (χ3v) is 1.54. The smallest absolute Gasteiger partial charge is 0.129 e. The first-order valence-electron chi connectivity index (χ1n) is 3.11. The fraction of sp³-hybridized carbons (Fsp3) is 0.143. The van der Waals surface area contributed by atoms with Crippen molar-refractivity contribution < 1.29 is 4.39 Å². The van der Waals surface area contributed by atoms with Gasteiger partial charge in [0.2, 0.25) is 0 Å². The summed E-state index contributed by atoms with van der Waals surface area (Å²) < 4.78 is 12.9. The van der Waals surface area contributed by atoms with Crippen LogP contribution in [-0.4, -0.2) is 0 Å². The quantitative estimate of drug-likeness (QED) is 0.526. The van der Waals surface area contributed by atoms with Gasteiger partial charge >= 0.3 is 0 Å². The summed E-state index contributed by atoms with van der Waals surface area (Å²) in [5.41, 5.74) is 2.87. The predicted molar refractivity (Wildman–Crippen MR) is 42.4 cm³/mol. The van der Waals surface area contributed by atoms with Gasteiger partial charge in [0.1, 0.15) is 5.82 Å². The van der Waals surface area contributed by atoms with E-state index < -0.39 is 0 Å². The van der Waals surface area contributed by atoms with Crippen molar-refractivity contribution in [2.24, 2.45) is 5.84 Å². The zero-order chi connectivity index (χ0) is 8.27. The first kappa shape index (κ1) is 8.46. The van der Waals surface area contributed by atoms with Gasteiger partial charge in [0, 0.05) is 17.1 Å². The lowest BCUT2D eigenvalue weighted by Crippen LogP contribution is -2.21. The Morgan fingerprint density at radius 2 is 2.27 bits per heavy atom. The highest BCUT2D eigenvalue weighted by molar-refractivity contribution is 6.30. The summed E-state index contributed by atoms with van der Waals surface area (Å²) >= 11 is 5.53. The summed E-state index contributed by atoms with van der Waals surface area (Å²) in [4.78, 5) is 0. The second-order valence-corrected chi connectivity index (χ2v) is 2.55. The third-order valence-electron chi connectivity index (χ3n) is 1.31. The van der Waals surface area contributed by atoms with Gasteiger partial charge in [0.25, 0.3) is 0 Å². The summed E-state index contributed by atoms with van der Waals surface area (Å²) in [5.74, 6) is 4.68. The average Bonchev–Trinajstić information content (AvgIpc) is 1.95. The molecule has 1 rings (SSSR count). The van der Waals surface area contributed by atoms with Crippen molar-refractivity contribution in [2.75, 3.05) is 0 Å². The molecule has 4 heteroatoms. The second kappa shape index (κ2) is 3.67. The molecule has 0 radical (unpaired) electrons. The molecular weight excluding hydrogens is 167 g/mol. The Hall–Kier alpha value is -0.640. The van der Waals surface area contributed by atoms with Gasteiger partial charge in [-0.15, -0.1) is 0 Å². The minimum Gasteiger partial charge on any atom is -0.271 e. The van der Waals surface area contributed by atoms with Crippen molar-refractivity contribution in [3.05, 3.63) is 34.6 Å². The highest BCUT2D eigenvalue weighted by Crippen LogP contribution is 2.13. The molecule has 0 bridgehead atoms. The van der Waals surface area contributed by atoms with E-state index in [1.807, 2.05) is 0 Å². The number of benzene rings is 1. The molecule has 0 aromatic heterocycles. The Morgan fingerprint density at radius 3 is 2.82 bits per heavy atom. The Balaban J connectivity index is 2.90. The molecule has 0 aliphatic carbocycles. The molecule has 0 atom stereocenters. The Labute approximate surface area is 69.1 Å². The highest BCUT2D eigenvalue weighted by Gasteiger charge is 2.00. The summed E-state index contributed by atoms with van der Waals surface area (Å²) in [6, 6.07) is 4.48. The van der Waals surface area contributed by atoms with Crippen LogP contribution in [0.1, 0.15) is 5.56 Å². The van der Waals surface area contributed by atoms with Crippen LogP contribution in [0.4, 0.5) is 4.39 Å². The average molecular weight is 175 g/mol. The second-order valence-electron chi connectivity index (χ2n) is 2.12. The van der Waals surface area contributed by atoms with E-state index in [-0.39, 0.29) is 5.82 Å². The van der Waals surface area contributed by atoms with Crippen molar-refractivity contribution in [2.45, 2.75) is 6.54 Å². The van der Waals surface area contributed by atoms with Crippen molar-refractivity contribution in [1.29, 1.82) is 0 Å². The van der Waals surface area contributed by atoms with Gasteiger partial charge < -0.3 is 0 Å². The van der Waals surface area contributed by atoms with Crippen molar-refractivity contribution >= 4 is 11.6 Å². The van der Waals surface area contributed by atoms with Gasteiger partial charge in [-0.25, -0.2) is 4.39 Å². The zero-order valence-electron chi connectivity index (χ0n) is 5.77. The summed E-state index contributed by atoms with van der Waals surface area (Å²) in [7, 11) is 0. The molecule has 1 aromatic carbocycles. The number of hydrogen-bond acceptors (Lipinski definition) is 2. The number of nitrogens with two attached hydrogens (primary N) is 1. The number of rotatable bonds is 2. The van der Waals surface area contributed by atoms with Gasteiger partial charge in [0.15, 0.2) is 0 Å². The number of hydrogen-bond donors (Lipinski definition) is 2. The minimum absolute atomic E-state index is 0.309. The zero-order valence-corrected chi connectivity index (χ0v) is 6.53. The standard InChI is InChI=1S/C7H8ClFN2/c8-6-2-1-5(4-11-10)7(9)3-6/h1-3,11H,4,10H2. The van der Waals surface area contributed by atoms with Crippen molar-refractivity contribution in [3.63, 3.8) is 0 Å². The van der Waals surface area contributed by atoms with Crippen LogP contribution in [0.15, 0.2) is 18.2 Å². The SMILES string of the molecule is NNCc1ccc(Cl)cc1F. The first-order chi connectivity index (χ1) is 5.24. The molecule has 60 valence electrons. The van der Waals surface area contributed by atoms with E-state index in [1.54, 1.807) is 12.1 Å². The van der Waals surface area contributed by atoms with Crippen LogP contribution >= 0.6 is 11.6 Å². The van der Waals surface area contributed by atoms with Crippen LogP contribution in [0.25, 0.3) is 0 Å². The van der Waals surface area contributed by atoms with E-state index >= 15 is 0 Å². The fourth-order valence-electron chi connectivity index (χ4n) is 0.775. The maximum absolute atomic E-state index is 12.9. The molecule has 1 aromatic rings. The van der Waals surface area contributed by atoms with Crippen LogP contribution in [0.3, 0.4) is 0 Å². The van der Waals surface area contributed by atoms with Crippen LogP contribution in [0.2, 0.25) is 5.02 Å². The lowest BCUT2D eigenvalue weighted by molar-refractivity contribution is 0.594. The molecule has 0 spiro atoms. The first-order valence-corrected chi connectivity index (χ1v) is 3.49. The van der Waals surface area contributed by atoms with E-state index in [2.05, 4.69) is 5.43 Å². The molecule has 0 heterocycles. The van der Waals surface area contributed by atoms with Crippen LogP contribution < -0.4 is 11.3 Å². The highest BCUT2D eigenvalue weighted by atomic mass is 35.5. The largest absolute Gasteiger partial charge is 0.271 e. The lowest BCUT2D eigenvalue weighted by Gasteiger charge is -2.00. The number of nitrogens with one attached hydrogen (secondary N) is 1. The van der Waals surface area contributed by atoms with Gasteiger partial charge in [0.05, 0.1) is 0 Å². The Bertz CT molecular complexity index is 252. The molecule has 2 nitrogen and oxygen atoms in total. The van der Waals surface area contributed by atoms with Gasteiger partial charge in [-0.2, -0.15) is 0 Å². The molecule has 0 fully saturated rings. The summed E-state index contributed by atoms with van der Waals surface area (Å²) in [6.07, 6.45) is 0. The lowest BCUT2D eigenvalue weighted by atomic mass is 10.2. The molecule has 0 saturated heterocycles. The maximum atomic E-state index is 12.9. The minimum atomic E-state index is -0.338. The molecule has 11 heavy (non-hydrogen) atoms. The predicted octanol–water partition coefficient (Wildman–Crippen LogP) is 1.44. The van der Waals surface area contributed by atoms with E-state index in [0.717, 1.165) is 0 Å². The molecule has 0 amide bonds. The molecule has 0 aliphatic rings. The topological polar surface area (TPSA) is 38.0 Å².